The van der Waals surface area contributed by atoms with Crippen LogP contribution in [0.4, 0.5) is 0 Å². The summed E-state index contributed by atoms with van der Waals surface area (Å²) in [6.45, 7) is 2.97. The van der Waals surface area contributed by atoms with Gasteiger partial charge in [-0.3, -0.25) is 4.79 Å². The quantitative estimate of drug-likeness (QED) is 0.828. The number of carbonyl (C=O) groups excluding carboxylic acids is 1. The van der Waals surface area contributed by atoms with Gasteiger partial charge >= 0.3 is 0 Å². The van der Waals surface area contributed by atoms with E-state index in [9.17, 15) is 13.2 Å². The molecule has 1 fully saturated rings. The Kier molecular flexibility index (Phi) is 4.93. The highest BCUT2D eigenvalue weighted by molar-refractivity contribution is 7.88. The molecule has 0 spiro atoms. The van der Waals surface area contributed by atoms with Crippen molar-refractivity contribution in [2.75, 3.05) is 19.3 Å². The van der Waals surface area contributed by atoms with Crippen LogP contribution in [-0.4, -0.2) is 42.8 Å². The molecule has 0 bridgehead atoms. The molecule has 0 amide bonds. The summed E-state index contributed by atoms with van der Waals surface area (Å²) < 4.78 is 24.6. The van der Waals surface area contributed by atoms with Gasteiger partial charge in [0.25, 0.3) is 0 Å². The van der Waals surface area contributed by atoms with Crippen molar-refractivity contribution in [3.8, 4) is 0 Å². The average molecular weight is 316 g/mol. The molecule has 0 saturated carbocycles. The molecule has 0 N–H and O–H groups in total. The lowest BCUT2D eigenvalue weighted by atomic mass is 9.93. The van der Waals surface area contributed by atoms with E-state index in [0.29, 0.717) is 25.9 Å². The molecule has 1 aromatic heterocycles. The molecular weight excluding hydrogens is 296 g/mol. The molecule has 0 aromatic carbocycles. The van der Waals surface area contributed by atoms with Crippen LogP contribution >= 0.6 is 11.3 Å². The zero-order valence-electron chi connectivity index (χ0n) is 11.8. The van der Waals surface area contributed by atoms with Gasteiger partial charge in [0, 0.05) is 31.3 Å². The Morgan fingerprint density at radius 1 is 1.55 bits per heavy atom. The summed E-state index contributed by atoms with van der Waals surface area (Å²) >= 11 is 1.55. The fraction of sp³-hybridized carbons (Fsp3) is 0.692. The van der Waals surface area contributed by atoms with Crippen LogP contribution in [0.1, 0.15) is 30.0 Å². The van der Waals surface area contributed by atoms with Gasteiger partial charge in [0.1, 0.15) is 5.78 Å². The fourth-order valence-corrected chi connectivity index (χ4v) is 4.14. The number of sulfonamides is 1. The first kappa shape index (κ1) is 15.6. The van der Waals surface area contributed by atoms with Crippen molar-refractivity contribution in [2.45, 2.75) is 32.6 Å². The topological polar surface area (TPSA) is 67.3 Å². The lowest BCUT2D eigenvalue weighted by Crippen LogP contribution is -2.39. The summed E-state index contributed by atoms with van der Waals surface area (Å²) in [6, 6.07) is 0. The number of thiazole rings is 1. The van der Waals surface area contributed by atoms with E-state index < -0.39 is 10.0 Å². The van der Waals surface area contributed by atoms with E-state index in [4.69, 9.17) is 0 Å². The van der Waals surface area contributed by atoms with E-state index in [0.717, 1.165) is 23.5 Å². The normalized spacial score (nSPS) is 21.0. The molecule has 1 aliphatic rings. The number of hydrogen-bond donors (Lipinski definition) is 0. The number of aryl methyl sites for hydroxylation is 1. The number of hydrogen-bond acceptors (Lipinski definition) is 5. The summed E-state index contributed by atoms with van der Waals surface area (Å²) in [4.78, 5) is 16.3. The third kappa shape index (κ3) is 4.36. The number of nitrogens with zero attached hydrogens (tertiary/aromatic N) is 2. The Balaban J connectivity index is 1.88. The number of piperidine rings is 1. The van der Waals surface area contributed by atoms with Crippen LogP contribution in [0.15, 0.2) is 5.38 Å². The van der Waals surface area contributed by atoms with E-state index in [2.05, 4.69) is 4.98 Å². The summed E-state index contributed by atoms with van der Waals surface area (Å²) in [5.74, 6) is 0.293. The van der Waals surface area contributed by atoms with Crippen LogP contribution in [0.5, 0.6) is 0 Å². The zero-order valence-corrected chi connectivity index (χ0v) is 13.5. The molecule has 1 atom stereocenters. The van der Waals surface area contributed by atoms with Crippen LogP contribution in [-0.2, 0) is 21.2 Å². The second kappa shape index (κ2) is 6.32. The number of aromatic nitrogens is 1. The van der Waals surface area contributed by atoms with Gasteiger partial charge in [-0.15, -0.1) is 11.3 Å². The molecule has 112 valence electrons. The van der Waals surface area contributed by atoms with Crippen LogP contribution in [0.3, 0.4) is 0 Å². The predicted molar refractivity (Wildman–Crippen MR) is 79.3 cm³/mol. The van der Waals surface area contributed by atoms with E-state index in [-0.39, 0.29) is 11.7 Å². The fourth-order valence-electron chi connectivity index (χ4n) is 2.58. The van der Waals surface area contributed by atoms with Gasteiger partial charge in [-0.1, -0.05) is 0 Å². The maximum atomic E-state index is 12.0. The van der Waals surface area contributed by atoms with Crippen molar-refractivity contribution in [1.29, 1.82) is 0 Å². The van der Waals surface area contributed by atoms with Crippen molar-refractivity contribution >= 4 is 27.1 Å². The minimum absolute atomic E-state index is 0.144. The Labute approximate surface area is 124 Å². The minimum atomic E-state index is -3.14. The second-order valence-electron chi connectivity index (χ2n) is 5.41. The highest BCUT2D eigenvalue weighted by Crippen LogP contribution is 2.22. The highest BCUT2D eigenvalue weighted by atomic mass is 32.2. The second-order valence-corrected chi connectivity index (χ2v) is 8.45. The van der Waals surface area contributed by atoms with E-state index in [1.165, 1.54) is 10.6 Å². The summed E-state index contributed by atoms with van der Waals surface area (Å²) in [6.07, 6.45) is 3.80. The maximum absolute atomic E-state index is 12.0. The van der Waals surface area contributed by atoms with Gasteiger partial charge in [0.2, 0.25) is 10.0 Å². The molecule has 1 aliphatic heterocycles. The molecule has 7 heteroatoms. The van der Waals surface area contributed by atoms with Crippen LogP contribution < -0.4 is 0 Å². The predicted octanol–water partition coefficient (Wildman–Crippen LogP) is 1.62. The Bertz CT molecular complexity index is 580. The zero-order chi connectivity index (χ0) is 14.8. The Hall–Kier alpha value is -0.790. The largest absolute Gasteiger partial charge is 0.299 e. The summed E-state index contributed by atoms with van der Waals surface area (Å²) in [5, 5.41) is 2.88. The molecule has 0 aliphatic carbocycles. The van der Waals surface area contributed by atoms with Gasteiger partial charge in [-0.05, 0) is 25.7 Å². The van der Waals surface area contributed by atoms with Gasteiger partial charge in [0.15, 0.2) is 0 Å². The molecule has 20 heavy (non-hydrogen) atoms. The molecule has 1 aromatic rings. The smallest absolute Gasteiger partial charge is 0.211 e. The SMILES string of the molecule is Cc1nc(CC(=O)CC2CCCN(S(C)(=O)=O)C2)cs1. The van der Waals surface area contributed by atoms with E-state index >= 15 is 0 Å². The molecule has 2 heterocycles. The third-order valence-corrected chi connectivity index (χ3v) is 5.60. The summed E-state index contributed by atoms with van der Waals surface area (Å²) in [5.41, 5.74) is 0.827. The van der Waals surface area contributed by atoms with Crippen molar-refractivity contribution in [2.24, 2.45) is 5.92 Å². The maximum Gasteiger partial charge on any atom is 0.211 e. The van der Waals surface area contributed by atoms with E-state index in [1.54, 1.807) is 11.3 Å². The molecular formula is C13H20N2O3S2. The number of Topliss-reactive ketones (excluding diaryl/α,β-unsaturated/α-hetero) is 1. The highest BCUT2D eigenvalue weighted by Gasteiger charge is 2.27. The van der Waals surface area contributed by atoms with Crippen LogP contribution in [0, 0.1) is 12.8 Å². The Morgan fingerprint density at radius 2 is 2.30 bits per heavy atom. The van der Waals surface area contributed by atoms with Gasteiger partial charge in [-0.25, -0.2) is 17.7 Å². The third-order valence-electron chi connectivity index (χ3n) is 3.51. The molecule has 1 unspecified atom stereocenters. The first-order valence-corrected chi connectivity index (χ1v) is 9.45. The first-order chi connectivity index (χ1) is 9.34. The molecule has 1 saturated heterocycles. The van der Waals surface area contributed by atoms with Crippen molar-refractivity contribution in [3.63, 3.8) is 0 Å². The molecule has 2 rings (SSSR count). The minimum Gasteiger partial charge on any atom is -0.299 e. The van der Waals surface area contributed by atoms with Crippen molar-refractivity contribution < 1.29 is 13.2 Å². The van der Waals surface area contributed by atoms with Gasteiger partial charge < -0.3 is 0 Å². The Morgan fingerprint density at radius 3 is 2.90 bits per heavy atom. The van der Waals surface area contributed by atoms with E-state index in [1.807, 2.05) is 12.3 Å². The number of ketones is 1. The van der Waals surface area contributed by atoms with Crippen LogP contribution in [0.25, 0.3) is 0 Å². The lowest BCUT2D eigenvalue weighted by molar-refractivity contribution is -0.119. The monoisotopic (exact) mass is 316 g/mol. The van der Waals surface area contributed by atoms with Crippen LogP contribution in [0.2, 0.25) is 0 Å². The standard InChI is InChI=1S/C13H20N2O3S2/c1-10-14-12(9-19-10)7-13(16)6-11-4-3-5-15(8-11)20(2,17)18/h9,11H,3-8H2,1-2H3. The van der Waals surface area contributed by atoms with Crippen molar-refractivity contribution in [3.05, 3.63) is 16.1 Å². The average Bonchev–Trinajstić information content (AvgIpc) is 2.73. The number of rotatable bonds is 5. The molecule has 0 radical (unpaired) electrons. The molecule has 5 nitrogen and oxygen atoms in total. The lowest BCUT2D eigenvalue weighted by Gasteiger charge is -2.30. The van der Waals surface area contributed by atoms with Gasteiger partial charge in [0.05, 0.1) is 17.0 Å². The van der Waals surface area contributed by atoms with Gasteiger partial charge in [-0.2, -0.15) is 0 Å². The number of carbonyl (C=O) groups is 1. The first-order valence-electron chi connectivity index (χ1n) is 6.72. The summed E-state index contributed by atoms with van der Waals surface area (Å²) in [7, 11) is -3.14. The van der Waals surface area contributed by atoms with Crippen molar-refractivity contribution in [1.82, 2.24) is 9.29 Å².